The van der Waals surface area contributed by atoms with Crippen molar-refractivity contribution in [3.05, 3.63) is 95.7 Å². The summed E-state index contributed by atoms with van der Waals surface area (Å²) in [6.45, 7) is 0. The van der Waals surface area contributed by atoms with Crippen LogP contribution in [0.1, 0.15) is 21.5 Å². The minimum atomic E-state index is -0.0569. The molecule has 3 aromatic carbocycles. The quantitative estimate of drug-likeness (QED) is 0.276. The van der Waals surface area contributed by atoms with Gasteiger partial charge in [-0.25, -0.2) is 0 Å². The summed E-state index contributed by atoms with van der Waals surface area (Å²) >= 11 is 0. The van der Waals surface area contributed by atoms with E-state index < -0.39 is 0 Å². The molecule has 5 heteroatoms. The molecule has 3 rings (SSSR count). The van der Waals surface area contributed by atoms with Gasteiger partial charge in [0.25, 0.3) is 0 Å². The van der Waals surface area contributed by atoms with Crippen LogP contribution < -0.4 is 19.5 Å². The van der Waals surface area contributed by atoms with Crippen LogP contribution in [-0.2, 0) is 0 Å². The highest BCUT2D eigenvalue weighted by molar-refractivity contribution is 6.04. The third-order valence-electron chi connectivity index (χ3n) is 4.64. The van der Waals surface area contributed by atoms with Gasteiger partial charge in [-0.05, 0) is 29.3 Å². The third kappa shape index (κ3) is 5.54. The molecule has 3 aromatic rings. The Labute approximate surface area is 182 Å². The molecule has 0 fully saturated rings. The fraction of sp³-hybridized carbons (Fsp3) is 0.115. The maximum absolute atomic E-state index is 12.2. The molecule has 0 unspecified atom stereocenters. The molecule has 0 spiro atoms. The number of methoxy groups -OCH3 is 3. The zero-order chi connectivity index (χ0) is 22.1. The van der Waals surface area contributed by atoms with Crippen LogP contribution in [0.3, 0.4) is 0 Å². The Bertz CT molecular complexity index is 1060. The van der Waals surface area contributed by atoms with E-state index in [0.29, 0.717) is 22.8 Å². The molecule has 0 atom stereocenters. The Balaban J connectivity index is 1.78. The van der Waals surface area contributed by atoms with Crippen molar-refractivity contribution >= 4 is 23.6 Å². The van der Waals surface area contributed by atoms with E-state index in [2.05, 4.69) is 5.32 Å². The second-order valence-electron chi connectivity index (χ2n) is 6.59. The van der Waals surface area contributed by atoms with Crippen LogP contribution in [-0.4, -0.2) is 27.1 Å². The van der Waals surface area contributed by atoms with Crippen LogP contribution in [0.15, 0.2) is 79.0 Å². The molecule has 0 aliphatic rings. The van der Waals surface area contributed by atoms with Gasteiger partial charge in [-0.1, -0.05) is 60.7 Å². The number of allylic oxidation sites excluding steroid dienone is 1. The molecule has 1 N–H and O–H groups in total. The number of para-hydroxylation sites is 1. The number of nitrogens with one attached hydrogen (secondary N) is 1. The van der Waals surface area contributed by atoms with E-state index in [-0.39, 0.29) is 5.78 Å². The normalized spacial score (nSPS) is 10.9. The van der Waals surface area contributed by atoms with Gasteiger partial charge in [-0.2, -0.15) is 0 Å². The van der Waals surface area contributed by atoms with Crippen molar-refractivity contribution in [1.29, 1.82) is 0 Å². The summed E-state index contributed by atoms with van der Waals surface area (Å²) in [4.78, 5) is 12.2. The fourth-order valence-corrected chi connectivity index (χ4v) is 3.06. The van der Waals surface area contributed by atoms with Crippen molar-refractivity contribution in [2.45, 2.75) is 0 Å². The molecule has 0 radical (unpaired) electrons. The topological polar surface area (TPSA) is 56.8 Å². The molecule has 0 aromatic heterocycles. The minimum absolute atomic E-state index is 0.0569. The summed E-state index contributed by atoms with van der Waals surface area (Å²) in [6, 6.07) is 20.8. The van der Waals surface area contributed by atoms with Gasteiger partial charge in [0.05, 0.1) is 21.3 Å². The first-order chi connectivity index (χ1) is 15.2. The lowest BCUT2D eigenvalue weighted by atomic mass is 10.1. The predicted molar refractivity (Wildman–Crippen MR) is 125 cm³/mol. The lowest BCUT2D eigenvalue weighted by Crippen LogP contribution is -1.96. The second-order valence-corrected chi connectivity index (χ2v) is 6.59. The van der Waals surface area contributed by atoms with E-state index in [4.69, 9.17) is 14.2 Å². The van der Waals surface area contributed by atoms with Crippen molar-refractivity contribution in [2.75, 3.05) is 26.6 Å². The van der Waals surface area contributed by atoms with Gasteiger partial charge < -0.3 is 19.5 Å². The largest absolute Gasteiger partial charge is 0.493 e. The van der Waals surface area contributed by atoms with E-state index in [1.54, 1.807) is 39.7 Å². The monoisotopic (exact) mass is 415 g/mol. The summed E-state index contributed by atoms with van der Waals surface area (Å²) in [5.74, 6) is 1.68. The molecule has 158 valence electrons. The van der Waals surface area contributed by atoms with Gasteiger partial charge in [0.2, 0.25) is 5.75 Å². The maximum Gasteiger partial charge on any atom is 0.203 e. The fourth-order valence-electron chi connectivity index (χ4n) is 3.06. The van der Waals surface area contributed by atoms with Crippen LogP contribution in [0, 0.1) is 0 Å². The number of carbonyl (C=O) groups excluding carboxylic acids is 1. The Morgan fingerprint density at radius 1 is 0.806 bits per heavy atom. The van der Waals surface area contributed by atoms with E-state index >= 15 is 0 Å². The number of carbonyl (C=O) groups is 1. The zero-order valence-electron chi connectivity index (χ0n) is 17.8. The van der Waals surface area contributed by atoms with Gasteiger partial charge >= 0.3 is 0 Å². The SMILES string of the molecule is COc1cc(/C=C\c2ccccc2N/C=C\C(=O)c2ccccc2)cc(OC)c1OC. The van der Waals surface area contributed by atoms with Crippen molar-refractivity contribution in [3.63, 3.8) is 0 Å². The number of ketones is 1. The van der Waals surface area contributed by atoms with Gasteiger partial charge in [0, 0.05) is 23.5 Å². The Hall–Kier alpha value is -3.99. The summed E-state index contributed by atoms with van der Waals surface area (Å²) in [7, 11) is 4.76. The Kier molecular flexibility index (Phi) is 7.49. The molecule has 0 aliphatic carbocycles. The van der Waals surface area contributed by atoms with Crippen LogP contribution in [0.25, 0.3) is 12.2 Å². The highest BCUT2D eigenvalue weighted by Crippen LogP contribution is 2.38. The Morgan fingerprint density at radius 2 is 1.45 bits per heavy atom. The second kappa shape index (κ2) is 10.7. The van der Waals surface area contributed by atoms with Crippen molar-refractivity contribution in [3.8, 4) is 17.2 Å². The van der Waals surface area contributed by atoms with E-state index in [0.717, 1.165) is 16.8 Å². The van der Waals surface area contributed by atoms with Crippen LogP contribution in [0.5, 0.6) is 17.2 Å². The number of rotatable bonds is 9. The van der Waals surface area contributed by atoms with E-state index in [1.165, 1.54) is 6.08 Å². The van der Waals surface area contributed by atoms with Crippen molar-refractivity contribution in [1.82, 2.24) is 0 Å². The molecule has 0 saturated heterocycles. The lowest BCUT2D eigenvalue weighted by molar-refractivity contribution is 0.104. The average Bonchev–Trinajstić information content (AvgIpc) is 2.83. The van der Waals surface area contributed by atoms with Gasteiger partial charge in [-0.15, -0.1) is 0 Å². The molecule has 31 heavy (non-hydrogen) atoms. The number of hydrogen-bond acceptors (Lipinski definition) is 5. The molecule has 0 amide bonds. The highest BCUT2D eigenvalue weighted by atomic mass is 16.5. The van der Waals surface area contributed by atoms with Gasteiger partial charge in [0.15, 0.2) is 17.3 Å². The average molecular weight is 415 g/mol. The molecule has 0 saturated carbocycles. The number of benzene rings is 3. The highest BCUT2D eigenvalue weighted by Gasteiger charge is 2.12. The van der Waals surface area contributed by atoms with Crippen LogP contribution in [0.2, 0.25) is 0 Å². The molecule has 0 bridgehead atoms. The molecular formula is C26H25NO4. The van der Waals surface area contributed by atoms with E-state index in [9.17, 15) is 4.79 Å². The van der Waals surface area contributed by atoms with E-state index in [1.807, 2.05) is 66.7 Å². The number of ether oxygens (including phenoxy) is 3. The first-order valence-corrected chi connectivity index (χ1v) is 9.76. The van der Waals surface area contributed by atoms with Crippen molar-refractivity contribution < 1.29 is 19.0 Å². The molecular weight excluding hydrogens is 390 g/mol. The smallest absolute Gasteiger partial charge is 0.203 e. The lowest BCUT2D eigenvalue weighted by Gasteiger charge is -2.13. The summed E-state index contributed by atoms with van der Waals surface area (Å²) in [5.41, 5.74) is 3.39. The third-order valence-corrected chi connectivity index (χ3v) is 4.64. The van der Waals surface area contributed by atoms with Gasteiger partial charge in [-0.3, -0.25) is 4.79 Å². The zero-order valence-corrected chi connectivity index (χ0v) is 17.8. The van der Waals surface area contributed by atoms with Crippen LogP contribution >= 0.6 is 0 Å². The first kappa shape index (κ1) is 21.7. The Morgan fingerprint density at radius 3 is 2.10 bits per heavy atom. The minimum Gasteiger partial charge on any atom is -0.493 e. The summed E-state index contributed by atoms with van der Waals surface area (Å²) in [5, 5.41) is 3.19. The van der Waals surface area contributed by atoms with Crippen LogP contribution in [0.4, 0.5) is 5.69 Å². The summed E-state index contributed by atoms with van der Waals surface area (Å²) < 4.78 is 16.2. The predicted octanol–water partition coefficient (Wildman–Crippen LogP) is 5.69. The molecule has 5 nitrogen and oxygen atoms in total. The number of anilines is 1. The summed E-state index contributed by atoms with van der Waals surface area (Å²) in [6.07, 6.45) is 7.12. The van der Waals surface area contributed by atoms with Gasteiger partial charge in [0.1, 0.15) is 0 Å². The first-order valence-electron chi connectivity index (χ1n) is 9.76. The molecule has 0 aliphatic heterocycles. The molecule has 0 heterocycles. The maximum atomic E-state index is 12.2. The van der Waals surface area contributed by atoms with Crippen molar-refractivity contribution in [2.24, 2.45) is 0 Å². The number of hydrogen-bond donors (Lipinski definition) is 1. The standard InChI is InChI=1S/C26H25NO4/c1-29-24-17-19(18-25(30-2)26(24)31-3)13-14-20-9-7-8-12-22(20)27-16-15-23(28)21-10-5-4-6-11-21/h4-18,27H,1-3H3/b14-13-,16-15-.